The van der Waals surface area contributed by atoms with E-state index in [9.17, 15) is 10.1 Å². The maximum absolute atomic E-state index is 11.4. The van der Waals surface area contributed by atoms with E-state index in [1.165, 1.54) is 24.0 Å². The van der Waals surface area contributed by atoms with Crippen LogP contribution in [0.2, 0.25) is 0 Å². The normalized spacial score (nSPS) is 16.9. The molecule has 0 saturated heterocycles. The fourth-order valence-electron chi connectivity index (χ4n) is 4.49. The van der Waals surface area contributed by atoms with Crippen molar-refractivity contribution in [3.8, 4) is 5.88 Å². The number of aromatic nitrogens is 4. The van der Waals surface area contributed by atoms with Gasteiger partial charge in [-0.3, -0.25) is 10.1 Å². The van der Waals surface area contributed by atoms with E-state index in [-0.39, 0.29) is 17.5 Å². The van der Waals surface area contributed by atoms with Crippen molar-refractivity contribution >= 4 is 22.3 Å². The summed E-state index contributed by atoms with van der Waals surface area (Å²) in [5, 5.41) is 17.0. The molecule has 1 aromatic carbocycles. The Kier molecular flexibility index (Phi) is 4.93. The molecular weight excluding hydrogens is 408 g/mol. The van der Waals surface area contributed by atoms with Crippen LogP contribution in [0.25, 0.3) is 10.9 Å². The van der Waals surface area contributed by atoms with Gasteiger partial charge in [-0.2, -0.15) is 0 Å². The Morgan fingerprint density at radius 2 is 2.06 bits per heavy atom. The summed E-state index contributed by atoms with van der Waals surface area (Å²) < 4.78 is 4.29. The predicted molar refractivity (Wildman–Crippen MR) is 120 cm³/mol. The molecule has 1 aliphatic carbocycles. The third-order valence-electron chi connectivity index (χ3n) is 6.12. The van der Waals surface area contributed by atoms with Crippen molar-refractivity contribution in [2.24, 2.45) is 18.1 Å². The molecule has 1 aliphatic rings. The average Bonchev–Trinajstić information content (AvgIpc) is 3.34. The predicted octanol–water partition coefficient (Wildman–Crippen LogP) is 4.03. The molecule has 0 N–H and O–H groups in total. The molecule has 9 nitrogen and oxygen atoms in total. The van der Waals surface area contributed by atoms with Gasteiger partial charge in [-0.25, -0.2) is 9.97 Å². The minimum atomic E-state index is -0.515. The molecule has 3 aromatic heterocycles. The van der Waals surface area contributed by atoms with Gasteiger partial charge in [0.2, 0.25) is 0 Å². The van der Waals surface area contributed by atoms with E-state index in [4.69, 9.17) is 4.84 Å². The quantitative estimate of drug-likeness (QED) is 0.351. The summed E-state index contributed by atoms with van der Waals surface area (Å²) >= 11 is 0. The molecule has 0 spiro atoms. The Hall–Kier alpha value is -4.01. The standard InChI is InChI=1S/C23H22N6O3/c1-15-24-12-13-28(15)14-16-9-10-19-21(17-6-3-4-7-18(17)27(19)2)22(16)26-32-23-20(29(30)31)8-5-11-25-23/h3-8,11-13,16H,9-10,14H2,1-2H3/b26-22+. The highest BCUT2D eigenvalue weighted by Crippen LogP contribution is 2.35. The van der Waals surface area contributed by atoms with Crippen LogP contribution in [-0.4, -0.2) is 29.7 Å². The first-order valence-corrected chi connectivity index (χ1v) is 10.4. The van der Waals surface area contributed by atoms with Crippen LogP contribution in [0.4, 0.5) is 5.69 Å². The lowest BCUT2D eigenvalue weighted by Crippen LogP contribution is -2.28. The highest BCUT2D eigenvalue weighted by atomic mass is 16.7. The summed E-state index contributed by atoms with van der Waals surface area (Å²) in [6.45, 7) is 2.66. The minimum absolute atomic E-state index is 0.0592. The maximum atomic E-state index is 11.4. The van der Waals surface area contributed by atoms with Crippen molar-refractivity contribution in [2.75, 3.05) is 0 Å². The molecular formula is C23H22N6O3. The van der Waals surface area contributed by atoms with Crippen molar-refractivity contribution in [3.05, 3.63) is 82.2 Å². The fourth-order valence-corrected chi connectivity index (χ4v) is 4.49. The number of rotatable bonds is 5. The second-order valence-corrected chi connectivity index (χ2v) is 7.91. The zero-order chi connectivity index (χ0) is 22.2. The summed E-state index contributed by atoms with van der Waals surface area (Å²) in [5.74, 6) is 0.869. The number of aryl methyl sites for hydroxylation is 2. The second kappa shape index (κ2) is 7.92. The van der Waals surface area contributed by atoms with Crippen molar-refractivity contribution in [3.63, 3.8) is 0 Å². The van der Waals surface area contributed by atoms with Crippen molar-refractivity contribution in [2.45, 2.75) is 26.3 Å². The van der Waals surface area contributed by atoms with Crippen LogP contribution in [-0.2, 0) is 20.0 Å². The van der Waals surface area contributed by atoms with Gasteiger partial charge in [-0.1, -0.05) is 23.4 Å². The van der Waals surface area contributed by atoms with Gasteiger partial charge in [0.1, 0.15) is 5.82 Å². The van der Waals surface area contributed by atoms with Gasteiger partial charge in [-0.15, -0.1) is 0 Å². The summed E-state index contributed by atoms with van der Waals surface area (Å²) in [5.41, 5.74) is 3.90. The summed E-state index contributed by atoms with van der Waals surface area (Å²) in [6, 6.07) is 11.1. The molecule has 162 valence electrons. The first-order valence-electron chi connectivity index (χ1n) is 10.4. The highest BCUT2D eigenvalue weighted by molar-refractivity contribution is 6.13. The lowest BCUT2D eigenvalue weighted by Gasteiger charge is -2.25. The minimum Gasteiger partial charge on any atom is -0.347 e. The van der Waals surface area contributed by atoms with Gasteiger partial charge in [0, 0.05) is 66.3 Å². The zero-order valence-corrected chi connectivity index (χ0v) is 17.8. The van der Waals surface area contributed by atoms with Crippen LogP contribution in [0.5, 0.6) is 5.88 Å². The molecule has 4 aromatic rings. The number of hydrogen-bond donors (Lipinski definition) is 0. The van der Waals surface area contributed by atoms with Crippen molar-refractivity contribution in [1.29, 1.82) is 0 Å². The second-order valence-electron chi connectivity index (χ2n) is 7.91. The molecule has 0 fully saturated rings. The van der Waals surface area contributed by atoms with Gasteiger partial charge in [-0.05, 0) is 31.9 Å². The summed E-state index contributed by atoms with van der Waals surface area (Å²) in [7, 11) is 2.06. The molecule has 0 saturated carbocycles. The molecule has 32 heavy (non-hydrogen) atoms. The van der Waals surface area contributed by atoms with Crippen molar-refractivity contribution in [1.82, 2.24) is 19.1 Å². The zero-order valence-electron chi connectivity index (χ0n) is 17.8. The number of hydrogen-bond acceptors (Lipinski definition) is 6. The number of pyridine rings is 1. The van der Waals surface area contributed by atoms with Crippen LogP contribution in [0.15, 0.2) is 60.1 Å². The Labute approximate surface area is 184 Å². The summed E-state index contributed by atoms with van der Waals surface area (Å²) in [4.78, 5) is 24.9. The Morgan fingerprint density at radius 1 is 1.22 bits per heavy atom. The van der Waals surface area contributed by atoms with E-state index in [0.29, 0.717) is 6.54 Å². The molecule has 0 aliphatic heterocycles. The van der Waals surface area contributed by atoms with Crippen molar-refractivity contribution < 1.29 is 9.76 Å². The highest BCUT2D eigenvalue weighted by Gasteiger charge is 2.32. The van der Waals surface area contributed by atoms with E-state index in [2.05, 4.69) is 43.4 Å². The molecule has 3 heterocycles. The molecule has 0 amide bonds. The number of oxime groups is 1. The van der Waals surface area contributed by atoms with E-state index in [1.54, 1.807) is 6.20 Å². The van der Waals surface area contributed by atoms with Crippen LogP contribution in [0.3, 0.4) is 0 Å². The molecule has 1 unspecified atom stereocenters. The third kappa shape index (κ3) is 3.31. The lowest BCUT2D eigenvalue weighted by molar-refractivity contribution is -0.386. The van der Waals surface area contributed by atoms with Crippen LogP contribution in [0, 0.1) is 23.0 Å². The number of para-hydroxylation sites is 1. The first-order chi connectivity index (χ1) is 15.5. The van der Waals surface area contributed by atoms with E-state index in [1.807, 2.05) is 25.3 Å². The molecule has 1 atom stereocenters. The maximum Gasteiger partial charge on any atom is 0.333 e. The number of imidazole rings is 1. The fraction of sp³-hybridized carbons (Fsp3) is 0.261. The monoisotopic (exact) mass is 430 g/mol. The van der Waals surface area contributed by atoms with Crippen LogP contribution < -0.4 is 4.84 Å². The Balaban J connectivity index is 1.63. The number of nitrogens with zero attached hydrogens (tertiary/aromatic N) is 6. The van der Waals surface area contributed by atoms with E-state index < -0.39 is 4.92 Å². The van der Waals surface area contributed by atoms with Crippen LogP contribution >= 0.6 is 0 Å². The molecule has 9 heteroatoms. The van der Waals surface area contributed by atoms with Crippen LogP contribution in [0.1, 0.15) is 23.5 Å². The Morgan fingerprint density at radius 3 is 2.84 bits per heavy atom. The lowest BCUT2D eigenvalue weighted by atomic mass is 9.84. The first kappa shape index (κ1) is 19.9. The molecule has 0 radical (unpaired) electrons. The van der Waals surface area contributed by atoms with Gasteiger partial charge in [0.25, 0.3) is 0 Å². The number of fused-ring (bicyclic) bond motifs is 3. The van der Waals surface area contributed by atoms with Gasteiger partial charge >= 0.3 is 11.6 Å². The number of benzene rings is 1. The topological polar surface area (TPSA) is 100 Å². The van der Waals surface area contributed by atoms with E-state index >= 15 is 0 Å². The number of nitro groups is 1. The van der Waals surface area contributed by atoms with E-state index in [0.717, 1.165) is 40.8 Å². The molecule has 0 bridgehead atoms. The summed E-state index contributed by atoms with van der Waals surface area (Å²) in [6.07, 6.45) is 6.98. The smallest absolute Gasteiger partial charge is 0.333 e. The van der Waals surface area contributed by atoms with Gasteiger partial charge in [0.15, 0.2) is 0 Å². The largest absolute Gasteiger partial charge is 0.347 e. The average molecular weight is 430 g/mol. The van der Waals surface area contributed by atoms with Gasteiger partial charge in [0.05, 0.1) is 10.6 Å². The third-order valence-corrected chi connectivity index (χ3v) is 6.12. The molecule has 5 rings (SSSR count). The van der Waals surface area contributed by atoms with Gasteiger partial charge < -0.3 is 14.0 Å². The Bertz CT molecular complexity index is 1350. The SMILES string of the molecule is Cc1nccn1CC1CCc2c(c3ccccc3n2C)/C1=N/Oc1ncccc1[N+](=O)[O-].